The van der Waals surface area contributed by atoms with Crippen LogP contribution in [-0.2, 0) is 4.79 Å². The first-order chi connectivity index (χ1) is 5.27. The molecule has 1 heterocycles. The highest BCUT2D eigenvalue weighted by Gasteiger charge is 2.02. The summed E-state index contributed by atoms with van der Waals surface area (Å²) >= 11 is 1.33. The van der Waals surface area contributed by atoms with Crippen LogP contribution in [0.3, 0.4) is 0 Å². The summed E-state index contributed by atoms with van der Waals surface area (Å²) in [5, 5.41) is 2.25. The number of aromatic nitrogens is 1. The molecule has 2 N–H and O–H groups in total. The van der Waals surface area contributed by atoms with Crippen LogP contribution in [0.25, 0.3) is 5.57 Å². The van der Waals surface area contributed by atoms with Gasteiger partial charge in [0, 0.05) is 11.0 Å². The molecule has 0 aliphatic carbocycles. The average Bonchev–Trinajstić information content (AvgIpc) is 2.39. The number of allylic oxidation sites excluding steroid dienone is 2. The van der Waals surface area contributed by atoms with Gasteiger partial charge < -0.3 is 5.73 Å². The summed E-state index contributed by atoms with van der Waals surface area (Å²) in [4.78, 5) is 14.4. The number of thiazole rings is 1. The van der Waals surface area contributed by atoms with Gasteiger partial charge in [0.2, 0.25) is 0 Å². The molecule has 0 aromatic carbocycles. The molecule has 0 amide bonds. The van der Waals surface area contributed by atoms with Crippen molar-refractivity contribution in [1.29, 1.82) is 0 Å². The Balaban J connectivity index is 3.00. The van der Waals surface area contributed by atoms with Gasteiger partial charge >= 0.3 is 0 Å². The average molecular weight is 168 g/mol. The molecule has 0 saturated heterocycles. The number of carbonyl (C=O) groups is 1. The molecule has 3 nitrogen and oxygen atoms in total. The second kappa shape index (κ2) is 3.30. The van der Waals surface area contributed by atoms with Crippen molar-refractivity contribution in [3.05, 3.63) is 17.2 Å². The number of aldehydes is 1. The van der Waals surface area contributed by atoms with Crippen LogP contribution in [0.2, 0.25) is 0 Å². The molecular weight excluding hydrogens is 160 g/mol. The Kier molecular flexibility index (Phi) is 2.38. The van der Waals surface area contributed by atoms with Gasteiger partial charge in [0.15, 0.2) is 11.4 Å². The van der Waals surface area contributed by atoms with Crippen molar-refractivity contribution in [2.75, 3.05) is 5.73 Å². The van der Waals surface area contributed by atoms with Gasteiger partial charge in [0.05, 0.1) is 5.69 Å². The van der Waals surface area contributed by atoms with Crippen molar-refractivity contribution in [3.8, 4) is 0 Å². The van der Waals surface area contributed by atoms with E-state index in [1.54, 1.807) is 18.4 Å². The highest BCUT2D eigenvalue weighted by Crippen LogP contribution is 2.17. The van der Waals surface area contributed by atoms with Gasteiger partial charge in [-0.2, -0.15) is 0 Å². The number of hydrogen-bond donors (Lipinski definition) is 1. The Morgan fingerprint density at radius 1 is 1.82 bits per heavy atom. The van der Waals surface area contributed by atoms with Crippen molar-refractivity contribution in [1.82, 2.24) is 4.98 Å². The minimum absolute atomic E-state index is 0.487. The zero-order chi connectivity index (χ0) is 8.27. The standard InChI is InChI=1S/C7H8N2OS/c1-2-5(3-10)6-4-11-7(8)9-6/h2-4H,1H3,(H2,8,9)/b5-2-. The molecule has 0 saturated carbocycles. The summed E-state index contributed by atoms with van der Waals surface area (Å²) < 4.78 is 0. The Labute approximate surface area is 68.6 Å². The van der Waals surface area contributed by atoms with E-state index in [1.807, 2.05) is 0 Å². The molecule has 58 valence electrons. The second-order valence-electron chi connectivity index (χ2n) is 1.93. The lowest BCUT2D eigenvalue weighted by molar-refractivity contribution is -0.103. The molecule has 0 atom stereocenters. The fraction of sp³-hybridized carbons (Fsp3) is 0.143. The smallest absolute Gasteiger partial charge is 0.180 e. The zero-order valence-corrected chi connectivity index (χ0v) is 6.89. The van der Waals surface area contributed by atoms with Crippen LogP contribution in [0.1, 0.15) is 12.6 Å². The molecule has 11 heavy (non-hydrogen) atoms. The maximum Gasteiger partial charge on any atom is 0.180 e. The first kappa shape index (κ1) is 7.94. The summed E-state index contributed by atoms with van der Waals surface area (Å²) in [6, 6.07) is 0. The minimum Gasteiger partial charge on any atom is -0.375 e. The molecule has 0 bridgehead atoms. The van der Waals surface area contributed by atoms with E-state index in [2.05, 4.69) is 4.98 Å². The fourth-order valence-electron chi connectivity index (χ4n) is 0.696. The topological polar surface area (TPSA) is 56.0 Å². The molecule has 0 radical (unpaired) electrons. The molecule has 1 aromatic heterocycles. The van der Waals surface area contributed by atoms with E-state index >= 15 is 0 Å². The molecule has 1 rings (SSSR count). The molecule has 0 unspecified atom stereocenters. The van der Waals surface area contributed by atoms with Gasteiger partial charge in [0.25, 0.3) is 0 Å². The van der Waals surface area contributed by atoms with E-state index in [4.69, 9.17) is 5.73 Å². The zero-order valence-electron chi connectivity index (χ0n) is 6.07. The molecule has 0 aliphatic heterocycles. The first-order valence-corrected chi connectivity index (χ1v) is 3.98. The minimum atomic E-state index is 0.487. The summed E-state index contributed by atoms with van der Waals surface area (Å²) in [5.41, 5.74) is 6.63. The Morgan fingerprint density at radius 3 is 2.91 bits per heavy atom. The molecule has 4 heteroatoms. The van der Waals surface area contributed by atoms with Gasteiger partial charge in [-0.3, -0.25) is 4.79 Å². The maximum absolute atomic E-state index is 10.4. The van der Waals surface area contributed by atoms with Crippen molar-refractivity contribution >= 4 is 28.3 Å². The molecule has 0 aliphatic rings. The summed E-state index contributed by atoms with van der Waals surface area (Å²) in [5.74, 6) is 0. The van der Waals surface area contributed by atoms with Crippen molar-refractivity contribution in [3.63, 3.8) is 0 Å². The number of nitrogens with two attached hydrogens (primary N) is 1. The van der Waals surface area contributed by atoms with Crippen LogP contribution in [0, 0.1) is 0 Å². The maximum atomic E-state index is 10.4. The van der Waals surface area contributed by atoms with Crippen LogP contribution >= 0.6 is 11.3 Å². The first-order valence-electron chi connectivity index (χ1n) is 3.10. The number of nitrogen functional groups attached to an aromatic ring is 1. The van der Waals surface area contributed by atoms with Crippen LogP contribution < -0.4 is 5.73 Å². The van der Waals surface area contributed by atoms with Crippen molar-refractivity contribution in [2.24, 2.45) is 0 Å². The Hall–Kier alpha value is -1.16. The van der Waals surface area contributed by atoms with E-state index < -0.39 is 0 Å². The van der Waals surface area contributed by atoms with Gasteiger partial charge in [-0.15, -0.1) is 11.3 Å². The van der Waals surface area contributed by atoms with Crippen LogP contribution in [0.5, 0.6) is 0 Å². The van der Waals surface area contributed by atoms with E-state index in [0.717, 1.165) is 6.29 Å². The predicted molar refractivity (Wildman–Crippen MR) is 46.2 cm³/mol. The van der Waals surface area contributed by atoms with Gasteiger partial charge in [0.1, 0.15) is 0 Å². The number of hydrogen-bond acceptors (Lipinski definition) is 4. The molecule has 0 spiro atoms. The highest BCUT2D eigenvalue weighted by molar-refractivity contribution is 7.13. The summed E-state index contributed by atoms with van der Waals surface area (Å²) in [6.07, 6.45) is 2.48. The van der Waals surface area contributed by atoms with Gasteiger partial charge in [-0.1, -0.05) is 6.08 Å². The summed E-state index contributed by atoms with van der Waals surface area (Å²) in [6.45, 7) is 1.79. The number of carbonyl (C=O) groups excluding carboxylic acids is 1. The quantitative estimate of drug-likeness (QED) is 0.535. The lowest BCUT2D eigenvalue weighted by Crippen LogP contribution is -1.87. The normalized spacial score (nSPS) is 11.5. The lowest BCUT2D eigenvalue weighted by atomic mass is 10.2. The predicted octanol–water partition coefficient (Wildman–Crippen LogP) is 1.33. The van der Waals surface area contributed by atoms with Gasteiger partial charge in [-0.05, 0) is 6.92 Å². The third-order valence-corrected chi connectivity index (χ3v) is 1.93. The van der Waals surface area contributed by atoms with Crippen molar-refractivity contribution < 1.29 is 4.79 Å². The van der Waals surface area contributed by atoms with E-state index in [1.165, 1.54) is 11.3 Å². The highest BCUT2D eigenvalue weighted by atomic mass is 32.1. The molecule has 1 aromatic rings. The molecular formula is C7H8N2OS. The fourth-order valence-corrected chi connectivity index (χ4v) is 1.27. The lowest BCUT2D eigenvalue weighted by Gasteiger charge is -1.88. The van der Waals surface area contributed by atoms with Crippen molar-refractivity contribution in [2.45, 2.75) is 6.92 Å². The van der Waals surface area contributed by atoms with Gasteiger partial charge in [-0.25, -0.2) is 4.98 Å². The third kappa shape index (κ3) is 1.65. The van der Waals surface area contributed by atoms with E-state index in [0.29, 0.717) is 16.4 Å². The third-order valence-electron chi connectivity index (χ3n) is 1.26. The number of rotatable bonds is 2. The number of nitrogens with zero attached hydrogens (tertiary/aromatic N) is 1. The molecule has 0 fully saturated rings. The Morgan fingerprint density at radius 2 is 2.55 bits per heavy atom. The van der Waals surface area contributed by atoms with Crippen LogP contribution in [-0.4, -0.2) is 11.3 Å². The van der Waals surface area contributed by atoms with Crippen LogP contribution in [0.15, 0.2) is 11.5 Å². The largest absolute Gasteiger partial charge is 0.375 e. The van der Waals surface area contributed by atoms with E-state index in [9.17, 15) is 4.79 Å². The SMILES string of the molecule is C/C=C(/C=O)c1csc(N)n1. The van der Waals surface area contributed by atoms with E-state index in [-0.39, 0.29) is 0 Å². The van der Waals surface area contributed by atoms with Crippen LogP contribution in [0.4, 0.5) is 5.13 Å². The number of anilines is 1. The Bertz CT molecular complexity index is 290. The summed E-state index contributed by atoms with van der Waals surface area (Å²) in [7, 11) is 0. The second-order valence-corrected chi connectivity index (χ2v) is 2.82. The monoisotopic (exact) mass is 168 g/mol.